The Morgan fingerprint density at radius 2 is 1.33 bits per heavy atom. The van der Waals surface area contributed by atoms with Crippen LogP contribution in [0.15, 0.2) is 36.4 Å². The van der Waals surface area contributed by atoms with E-state index in [4.69, 9.17) is 4.74 Å². The largest absolute Gasteiger partial charge is 0.507 e. The van der Waals surface area contributed by atoms with Gasteiger partial charge in [0.05, 0.1) is 5.56 Å². The standard InChI is InChI=1S/C26H36F2O2/c1-8-9-10-11-18-12-14-19(15-13-18)26(27,28)30-20-16-21(24(2,3)4)23(29)22(17-20)25(5,6)7/h12-17,29H,8-11H2,1-7H3. The molecule has 1 N–H and O–H groups in total. The molecule has 0 radical (unpaired) electrons. The Hall–Kier alpha value is -2.10. The van der Waals surface area contributed by atoms with Crippen LogP contribution in [0.2, 0.25) is 0 Å². The molecule has 0 amide bonds. The average molecular weight is 419 g/mol. The SMILES string of the molecule is CCCCCc1ccc(C(F)(F)Oc2cc(C(C)(C)C)c(O)c(C(C)(C)C)c2)cc1. The van der Waals surface area contributed by atoms with Crippen LogP contribution >= 0.6 is 0 Å². The van der Waals surface area contributed by atoms with Crippen molar-refractivity contribution in [2.45, 2.75) is 91.1 Å². The lowest BCUT2D eigenvalue weighted by atomic mass is 9.79. The van der Waals surface area contributed by atoms with E-state index in [0.29, 0.717) is 11.1 Å². The van der Waals surface area contributed by atoms with E-state index in [0.717, 1.165) is 31.2 Å². The number of alkyl halides is 2. The van der Waals surface area contributed by atoms with Gasteiger partial charge in [-0.15, -0.1) is 0 Å². The molecular weight excluding hydrogens is 382 g/mol. The molecule has 166 valence electrons. The zero-order chi connectivity index (χ0) is 22.7. The first-order chi connectivity index (χ1) is 13.8. The van der Waals surface area contributed by atoms with Crippen molar-refractivity contribution >= 4 is 0 Å². The van der Waals surface area contributed by atoms with Crippen molar-refractivity contribution in [1.82, 2.24) is 0 Å². The Labute approximate surface area is 180 Å². The van der Waals surface area contributed by atoms with Gasteiger partial charge in [0.25, 0.3) is 0 Å². The highest BCUT2D eigenvalue weighted by molar-refractivity contribution is 5.52. The summed E-state index contributed by atoms with van der Waals surface area (Å²) in [6, 6.07) is 9.43. The summed E-state index contributed by atoms with van der Waals surface area (Å²) in [5, 5.41) is 10.8. The number of unbranched alkanes of at least 4 members (excludes halogenated alkanes) is 2. The van der Waals surface area contributed by atoms with Crippen LogP contribution in [0.3, 0.4) is 0 Å². The number of phenols is 1. The van der Waals surface area contributed by atoms with Gasteiger partial charge in [0.1, 0.15) is 11.5 Å². The highest BCUT2D eigenvalue weighted by Crippen LogP contribution is 2.43. The Morgan fingerprint density at radius 1 is 0.833 bits per heavy atom. The van der Waals surface area contributed by atoms with Crippen LogP contribution in [0.25, 0.3) is 0 Å². The number of benzene rings is 2. The minimum absolute atomic E-state index is 0.0553. The summed E-state index contributed by atoms with van der Waals surface area (Å²) >= 11 is 0. The molecular formula is C26H36F2O2. The maximum Gasteiger partial charge on any atom is 0.426 e. The first-order valence-corrected chi connectivity index (χ1v) is 10.8. The van der Waals surface area contributed by atoms with Gasteiger partial charge in [-0.2, -0.15) is 8.78 Å². The molecule has 2 nitrogen and oxygen atoms in total. The van der Waals surface area contributed by atoms with Gasteiger partial charge in [0, 0.05) is 11.1 Å². The molecule has 0 fully saturated rings. The lowest BCUT2D eigenvalue weighted by Gasteiger charge is -2.29. The predicted octanol–water partition coefficient (Wildman–Crippen LogP) is 7.85. The van der Waals surface area contributed by atoms with Gasteiger partial charge in [-0.05, 0) is 53.5 Å². The molecule has 0 aliphatic heterocycles. The number of phenolic OH excluding ortho intramolecular Hbond substituents is 1. The molecule has 0 saturated carbocycles. The van der Waals surface area contributed by atoms with E-state index in [2.05, 4.69) is 6.92 Å². The van der Waals surface area contributed by atoms with Gasteiger partial charge >= 0.3 is 6.11 Å². The van der Waals surface area contributed by atoms with Gasteiger partial charge in [0.2, 0.25) is 0 Å². The predicted molar refractivity (Wildman–Crippen MR) is 120 cm³/mol. The molecule has 2 rings (SSSR count). The summed E-state index contributed by atoms with van der Waals surface area (Å²) < 4.78 is 35.1. The van der Waals surface area contributed by atoms with Gasteiger partial charge in [-0.1, -0.05) is 73.4 Å². The second kappa shape index (κ2) is 8.95. The molecule has 0 heterocycles. The van der Waals surface area contributed by atoms with E-state index in [9.17, 15) is 13.9 Å². The Bertz CT molecular complexity index is 806. The number of hydrogen-bond donors (Lipinski definition) is 1. The van der Waals surface area contributed by atoms with Gasteiger partial charge in [0.15, 0.2) is 0 Å². The molecule has 0 aliphatic carbocycles. The zero-order valence-corrected chi connectivity index (χ0v) is 19.4. The van der Waals surface area contributed by atoms with Crippen LogP contribution in [0, 0.1) is 0 Å². The molecule has 0 unspecified atom stereocenters. The molecule has 0 aromatic heterocycles. The normalized spacial score (nSPS) is 12.8. The molecule has 2 aromatic carbocycles. The summed E-state index contributed by atoms with van der Waals surface area (Å²) in [6.45, 7) is 13.8. The highest BCUT2D eigenvalue weighted by atomic mass is 19.3. The topological polar surface area (TPSA) is 29.5 Å². The lowest BCUT2D eigenvalue weighted by Crippen LogP contribution is -2.23. The summed E-state index contributed by atoms with van der Waals surface area (Å²) in [6.07, 6.45) is 0.741. The molecule has 0 atom stereocenters. The fraction of sp³-hybridized carbons (Fsp3) is 0.538. The van der Waals surface area contributed by atoms with Crippen molar-refractivity contribution < 1.29 is 18.6 Å². The molecule has 0 saturated heterocycles. The number of halogens is 2. The minimum Gasteiger partial charge on any atom is -0.507 e. The monoisotopic (exact) mass is 418 g/mol. The van der Waals surface area contributed by atoms with Crippen molar-refractivity contribution in [2.75, 3.05) is 0 Å². The number of hydrogen-bond acceptors (Lipinski definition) is 2. The van der Waals surface area contributed by atoms with Gasteiger partial charge in [-0.25, -0.2) is 0 Å². The first kappa shape index (κ1) is 24.2. The van der Waals surface area contributed by atoms with E-state index >= 15 is 0 Å². The third-order valence-electron chi connectivity index (χ3n) is 5.30. The van der Waals surface area contributed by atoms with Crippen LogP contribution in [-0.4, -0.2) is 5.11 Å². The maximum atomic E-state index is 15.0. The summed E-state index contributed by atoms with van der Waals surface area (Å²) in [5.74, 6) is 0.196. The molecule has 2 aromatic rings. The Kier molecular flexibility index (Phi) is 7.21. The van der Waals surface area contributed by atoms with Crippen molar-refractivity contribution in [2.24, 2.45) is 0 Å². The molecule has 0 bridgehead atoms. The van der Waals surface area contributed by atoms with E-state index in [1.54, 1.807) is 12.1 Å². The summed E-state index contributed by atoms with van der Waals surface area (Å²) in [4.78, 5) is 0. The van der Waals surface area contributed by atoms with Gasteiger partial charge in [-0.3, -0.25) is 0 Å². The average Bonchev–Trinajstić information content (AvgIpc) is 2.61. The summed E-state index contributed by atoms with van der Waals surface area (Å²) in [5.41, 5.74) is 1.22. The second-order valence-corrected chi connectivity index (χ2v) is 10.1. The fourth-order valence-electron chi connectivity index (χ4n) is 3.46. The van der Waals surface area contributed by atoms with Crippen LogP contribution < -0.4 is 4.74 Å². The maximum absolute atomic E-state index is 15.0. The third-order valence-corrected chi connectivity index (χ3v) is 5.30. The van der Waals surface area contributed by atoms with Crippen molar-refractivity contribution in [1.29, 1.82) is 0 Å². The van der Waals surface area contributed by atoms with Crippen LogP contribution in [0.4, 0.5) is 8.78 Å². The molecule has 30 heavy (non-hydrogen) atoms. The summed E-state index contributed by atoms with van der Waals surface area (Å²) in [7, 11) is 0. The van der Waals surface area contributed by atoms with Gasteiger partial charge < -0.3 is 9.84 Å². The fourth-order valence-corrected chi connectivity index (χ4v) is 3.46. The van der Waals surface area contributed by atoms with Crippen molar-refractivity contribution in [3.8, 4) is 11.5 Å². The zero-order valence-electron chi connectivity index (χ0n) is 19.4. The third kappa shape index (κ3) is 5.96. The smallest absolute Gasteiger partial charge is 0.426 e. The van der Waals surface area contributed by atoms with E-state index in [-0.39, 0.29) is 17.1 Å². The number of aromatic hydroxyl groups is 1. The first-order valence-electron chi connectivity index (χ1n) is 10.8. The number of aryl methyl sites for hydroxylation is 1. The molecule has 0 spiro atoms. The van der Waals surface area contributed by atoms with Crippen LogP contribution in [-0.2, 0) is 23.4 Å². The van der Waals surface area contributed by atoms with Crippen LogP contribution in [0.5, 0.6) is 11.5 Å². The van der Waals surface area contributed by atoms with E-state index < -0.39 is 16.9 Å². The number of rotatable bonds is 7. The minimum atomic E-state index is -3.47. The van der Waals surface area contributed by atoms with Crippen molar-refractivity contribution in [3.63, 3.8) is 0 Å². The van der Waals surface area contributed by atoms with Crippen molar-refractivity contribution in [3.05, 3.63) is 58.7 Å². The highest BCUT2D eigenvalue weighted by Gasteiger charge is 2.36. The second-order valence-electron chi connectivity index (χ2n) is 10.1. The Morgan fingerprint density at radius 3 is 1.77 bits per heavy atom. The number of ether oxygens (including phenoxy) is 1. The molecule has 4 heteroatoms. The van der Waals surface area contributed by atoms with E-state index in [1.165, 1.54) is 24.3 Å². The Balaban J connectivity index is 2.35. The molecule has 0 aliphatic rings. The van der Waals surface area contributed by atoms with Crippen LogP contribution in [0.1, 0.15) is 90.0 Å². The quantitative estimate of drug-likeness (QED) is 0.464. The lowest BCUT2D eigenvalue weighted by molar-refractivity contribution is -0.185. The van der Waals surface area contributed by atoms with E-state index in [1.807, 2.05) is 41.5 Å².